The highest BCUT2D eigenvalue weighted by atomic mass is 35.5. The first kappa shape index (κ1) is 18.5. The number of fused-ring (bicyclic) bond motifs is 1. The number of rotatable bonds is 6. The van der Waals surface area contributed by atoms with Crippen LogP contribution in [0.1, 0.15) is 44.9 Å². The van der Waals surface area contributed by atoms with Gasteiger partial charge in [0.1, 0.15) is 5.82 Å². The number of nitrogens with zero attached hydrogens (tertiary/aromatic N) is 3. The second kappa shape index (κ2) is 7.84. The lowest BCUT2D eigenvalue weighted by Crippen LogP contribution is -2.26. The van der Waals surface area contributed by atoms with Crippen molar-refractivity contribution in [1.82, 2.24) is 14.5 Å². The SMILES string of the molecule is C=C(C)Cn1c(C2CC(=O)N(CCCC)C2)nc2ccccc21.Cl. The van der Waals surface area contributed by atoms with Crippen molar-refractivity contribution in [2.24, 2.45) is 0 Å². The smallest absolute Gasteiger partial charge is 0.223 e. The molecule has 0 radical (unpaired) electrons. The summed E-state index contributed by atoms with van der Waals surface area (Å²) in [5, 5.41) is 0. The Balaban J connectivity index is 0.00000208. The number of imidazole rings is 1. The second-order valence-electron chi connectivity index (χ2n) is 6.60. The molecule has 0 saturated carbocycles. The summed E-state index contributed by atoms with van der Waals surface area (Å²) in [5.74, 6) is 1.48. The molecule has 1 aliphatic rings. The average molecular weight is 348 g/mol. The van der Waals surface area contributed by atoms with E-state index in [1.54, 1.807) is 0 Å². The van der Waals surface area contributed by atoms with Gasteiger partial charge >= 0.3 is 0 Å². The molecule has 2 heterocycles. The zero-order chi connectivity index (χ0) is 16.4. The minimum atomic E-state index is 0. The number of hydrogen-bond acceptors (Lipinski definition) is 2. The van der Waals surface area contributed by atoms with Crippen LogP contribution in [0.5, 0.6) is 0 Å². The summed E-state index contributed by atoms with van der Waals surface area (Å²) in [6.45, 7) is 10.7. The Morgan fingerprint density at radius 3 is 2.83 bits per heavy atom. The van der Waals surface area contributed by atoms with Gasteiger partial charge in [0.25, 0.3) is 0 Å². The third kappa shape index (κ3) is 3.64. The molecule has 1 amide bonds. The molecule has 0 aliphatic carbocycles. The molecule has 1 fully saturated rings. The Morgan fingerprint density at radius 1 is 1.38 bits per heavy atom. The number of para-hydroxylation sites is 2. The highest BCUT2D eigenvalue weighted by Crippen LogP contribution is 2.31. The van der Waals surface area contributed by atoms with Crippen molar-refractivity contribution < 1.29 is 4.79 Å². The van der Waals surface area contributed by atoms with Gasteiger partial charge in [-0.1, -0.05) is 37.6 Å². The van der Waals surface area contributed by atoms with Crippen LogP contribution in [0, 0.1) is 0 Å². The van der Waals surface area contributed by atoms with E-state index in [9.17, 15) is 4.79 Å². The lowest BCUT2D eigenvalue weighted by Gasteiger charge is -2.17. The van der Waals surface area contributed by atoms with Gasteiger partial charge < -0.3 is 9.47 Å². The topological polar surface area (TPSA) is 38.1 Å². The number of unbranched alkanes of at least 4 members (excludes halogenated alkanes) is 1. The summed E-state index contributed by atoms with van der Waals surface area (Å²) in [6, 6.07) is 8.19. The van der Waals surface area contributed by atoms with Crippen molar-refractivity contribution >= 4 is 29.3 Å². The number of carbonyl (C=O) groups is 1. The Morgan fingerprint density at radius 2 is 2.12 bits per heavy atom. The predicted molar refractivity (Wildman–Crippen MR) is 101 cm³/mol. The third-order valence-corrected chi connectivity index (χ3v) is 4.47. The van der Waals surface area contributed by atoms with Crippen molar-refractivity contribution in [3.63, 3.8) is 0 Å². The van der Waals surface area contributed by atoms with Crippen LogP contribution in [0.3, 0.4) is 0 Å². The molecular formula is C19H26ClN3O. The average Bonchev–Trinajstić information content (AvgIpc) is 3.06. The first-order chi connectivity index (χ1) is 11.1. The highest BCUT2D eigenvalue weighted by Gasteiger charge is 2.33. The largest absolute Gasteiger partial charge is 0.342 e. The normalized spacial score (nSPS) is 17.3. The number of halogens is 1. The van der Waals surface area contributed by atoms with Crippen LogP contribution in [-0.2, 0) is 11.3 Å². The molecule has 4 nitrogen and oxygen atoms in total. The molecule has 130 valence electrons. The van der Waals surface area contributed by atoms with Crippen LogP contribution in [0.2, 0.25) is 0 Å². The zero-order valence-corrected chi connectivity index (χ0v) is 15.3. The van der Waals surface area contributed by atoms with Gasteiger partial charge in [0.05, 0.1) is 11.0 Å². The van der Waals surface area contributed by atoms with Gasteiger partial charge in [-0.25, -0.2) is 4.98 Å². The summed E-state index contributed by atoms with van der Waals surface area (Å²) < 4.78 is 2.24. The molecule has 5 heteroatoms. The number of hydrogen-bond donors (Lipinski definition) is 0. The van der Waals surface area contributed by atoms with Gasteiger partial charge in [-0.2, -0.15) is 0 Å². The van der Waals surface area contributed by atoms with E-state index < -0.39 is 0 Å². The summed E-state index contributed by atoms with van der Waals surface area (Å²) in [4.78, 5) is 19.1. The fourth-order valence-corrected chi connectivity index (χ4v) is 3.35. The van der Waals surface area contributed by atoms with Crippen LogP contribution >= 0.6 is 12.4 Å². The first-order valence-corrected chi connectivity index (χ1v) is 8.47. The maximum absolute atomic E-state index is 12.3. The van der Waals surface area contributed by atoms with Crippen LogP contribution in [-0.4, -0.2) is 33.4 Å². The standard InChI is InChI=1S/C19H25N3O.ClH/c1-4-5-10-21-13-15(11-18(21)23)19-20-16-8-6-7-9-17(16)22(19)12-14(2)3;/h6-9,15H,2,4-5,10-13H2,1,3H3;1H. The maximum atomic E-state index is 12.3. The van der Waals surface area contributed by atoms with Gasteiger partial charge in [-0.15, -0.1) is 12.4 Å². The van der Waals surface area contributed by atoms with E-state index in [2.05, 4.69) is 24.1 Å². The number of aromatic nitrogens is 2. The maximum Gasteiger partial charge on any atom is 0.223 e. The zero-order valence-electron chi connectivity index (χ0n) is 14.5. The van der Waals surface area contributed by atoms with Gasteiger partial charge in [0, 0.05) is 32.0 Å². The summed E-state index contributed by atoms with van der Waals surface area (Å²) in [7, 11) is 0. The van der Waals surface area contributed by atoms with Crippen molar-refractivity contribution in [2.75, 3.05) is 13.1 Å². The third-order valence-electron chi connectivity index (χ3n) is 4.47. The van der Waals surface area contributed by atoms with Crippen molar-refractivity contribution in [1.29, 1.82) is 0 Å². The Hall–Kier alpha value is -1.81. The van der Waals surface area contributed by atoms with E-state index >= 15 is 0 Å². The van der Waals surface area contributed by atoms with Gasteiger partial charge in [-0.3, -0.25) is 4.79 Å². The molecule has 1 atom stereocenters. The lowest BCUT2D eigenvalue weighted by molar-refractivity contribution is -0.127. The van der Waals surface area contributed by atoms with E-state index in [1.807, 2.05) is 30.0 Å². The number of likely N-dealkylation sites (tertiary alicyclic amines) is 1. The number of allylic oxidation sites excluding steroid dienone is 1. The molecule has 3 rings (SSSR count). The minimum Gasteiger partial charge on any atom is -0.342 e. The monoisotopic (exact) mass is 347 g/mol. The molecule has 0 spiro atoms. The molecule has 1 unspecified atom stereocenters. The van der Waals surface area contributed by atoms with Crippen LogP contribution < -0.4 is 0 Å². The van der Waals surface area contributed by atoms with E-state index in [-0.39, 0.29) is 24.2 Å². The Labute approximate surface area is 150 Å². The number of amides is 1. The summed E-state index contributed by atoms with van der Waals surface area (Å²) in [6.07, 6.45) is 2.76. The molecule has 0 N–H and O–H groups in total. The molecule has 1 aromatic heterocycles. The van der Waals surface area contributed by atoms with Crippen molar-refractivity contribution in [3.05, 3.63) is 42.2 Å². The van der Waals surface area contributed by atoms with E-state index in [0.29, 0.717) is 6.42 Å². The molecule has 1 saturated heterocycles. The fraction of sp³-hybridized carbons (Fsp3) is 0.474. The van der Waals surface area contributed by atoms with Crippen molar-refractivity contribution in [3.8, 4) is 0 Å². The van der Waals surface area contributed by atoms with Gasteiger partial charge in [-0.05, 0) is 25.5 Å². The van der Waals surface area contributed by atoms with Crippen LogP contribution in [0.15, 0.2) is 36.4 Å². The van der Waals surface area contributed by atoms with E-state index in [4.69, 9.17) is 4.98 Å². The van der Waals surface area contributed by atoms with E-state index in [1.165, 1.54) is 0 Å². The quantitative estimate of drug-likeness (QED) is 0.736. The fourth-order valence-electron chi connectivity index (χ4n) is 3.35. The minimum absolute atomic E-state index is 0. The predicted octanol–water partition coefficient (Wildman–Crippen LogP) is 4.15. The summed E-state index contributed by atoms with van der Waals surface area (Å²) >= 11 is 0. The number of carbonyl (C=O) groups excluding carboxylic acids is 1. The molecule has 24 heavy (non-hydrogen) atoms. The molecule has 2 aromatic rings. The Bertz CT molecular complexity index is 737. The first-order valence-electron chi connectivity index (χ1n) is 8.47. The molecule has 1 aliphatic heterocycles. The van der Waals surface area contributed by atoms with Crippen LogP contribution in [0.4, 0.5) is 0 Å². The molecule has 1 aromatic carbocycles. The molecular weight excluding hydrogens is 322 g/mol. The molecule has 0 bridgehead atoms. The van der Waals surface area contributed by atoms with Crippen LogP contribution in [0.25, 0.3) is 11.0 Å². The van der Waals surface area contributed by atoms with Crippen molar-refractivity contribution in [2.45, 2.75) is 45.6 Å². The lowest BCUT2D eigenvalue weighted by atomic mass is 10.1. The van der Waals surface area contributed by atoms with Gasteiger partial charge in [0.2, 0.25) is 5.91 Å². The summed E-state index contributed by atoms with van der Waals surface area (Å²) in [5.41, 5.74) is 3.23. The second-order valence-corrected chi connectivity index (χ2v) is 6.60. The number of benzene rings is 1. The highest BCUT2D eigenvalue weighted by molar-refractivity contribution is 5.85. The Kier molecular flexibility index (Phi) is 6.05. The van der Waals surface area contributed by atoms with Gasteiger partial charge in [0.15, 0.2) is 0 Å². The van der Waals surface area contributed by atoms with E-state index in [0.717, 1.165) is 54.9 Å².